The molecule has 0 aliphatic heterocycles. The highest BCUT2D eigenvalue weighted by Gasteiger charge is 2.13. The number of hydrogen-bond donors (Lipinski definition) is 2. The molecule has 8 nitrogen and oxygen atoms in total. The van der Waals surface area contributed by atoms with Crippen LogP contribution in [0.5, 0.6) is 5.75 Å². The first-order chi connectivity index (χ1) is 17.6. The summed E-state index contributed by atoms with van der Waals surface area (Å²) in [6.45, 7) is 3.86. The zero-order valence-electron chi connectivity index (χ0n) is 20.1. The molecule has 0 aliphatic carbocycles. The number of amides is 2. The molecule has 0 aliphatic rings. The summed E-state index contributed by atoms with van der Waals surface area (Å²) in [4.78, 5) is 25.6. The number of para-hydroxylation sites is 2. The minimum atomic E-state index is -0.266. The van der Waals surface area contributed by atoms with Crippen molar-refractivity contribution in [2.24, 2.45) is 0 Å². The summed E-state index contributed by atoms with van der Waals surface area (Å²) in [6.07, 6.45) is 1.52. The van der Waals surface area contributed by atoms with E-state index in [9.17, 15) is 9.59 Å². The van der Waals surface area contributed by atoms with E-state index in [-0.39, 0.29) is 12.5 Å². The molecule has 3 aromatic carbocycles. The largest absolute Gasteiger partial charge is 0.492 e. The maximum absolute atomic E-state index is 12.5. The topological polar surface area (TPSA) is 107 Å². The molecule has 0 fully saturated rings. The Hall–Kier alpha value is -4.30. The zero-order valence-corrected chi connectivity index (χ0v) is 20.1. The van der Waals surface area contributed by atoms with Gasteiger partial charge in [0.1, 0.15) is 17.9 Å². The summed E-state index contributed by atoms with van der Waals surface area (Å²) < 4.78 is 17.1. The van der Waals surface area contributed by atoms with E-state index in [0.717, 1.165) is 29.4 Å². The lowest BCUT2D eigenvalue weighted by Gasteiger charge is -2.14. The maximum atomic E-state index is 12.5. The van der Waals surface area contributed by atoms with Crippen molar-refractivity contribution in [1.82, 2.24) is 0 Å². The fourth-order valence-corrected chi connectivity index (χ4v) is 3.68. The first-order valence-electron chi connectivity index (χ1n) is 11.8. The minimum Gasteiger partial charge on any atom is -0.492 e. The Morgan fingerprint density at radius 2 is 1.86 bits per heavy atom. The molecule has 4 rings (SSSR count). The second-order valence-electron chi connectivity index (χ2n) is 8.12. The standard InChI is InChI=1S/C28H29N3O5/c1-2-34-15-13-20-7-8-22-18-27(36-26(22)17-20)31(19-32)14-16-35-23-11-9-21(10-12-23)28(33)30-25-6-4-3-5-24(25)29/h3-12,17-19H,2,13-16,29H2,1H3,(H,30,33). The molecule has 0 unspecified atom stereocenters. The summed E-state index contributed by atoms with van der Waals surface area (Å²) in [5.74, 6) is 0.774. The number of carbonyl (C=O) groups excluding carboxylic acids is 2. The summed E-state index contributed by atoms with van der Waals surface area (Å²) in [6, 6.07) is 21.7. The number of ether oxygens (including phenoxy) is 2. The molecule has 0 bridgehead atoms. The minimum absolute atomic E-state index is 0.251. The monoisotopic (exact) mass is 487 g/mol. The molecule has 186 valence electrons. The van der Waals surface area contributed by atoms with Crippen molar-refractivity contribution in [3.05, 3.63) is 83.9 Å². The van der Waals surface area contributed by atoms with Crippen LogP contribution in [-0.2, 0) is 16.0 Å². The highest BCUT2D eigenvalue weighted by molar-refractivity contribution is 6.05. The van der Waals surface area contributed by atoms with Crippen LogP contribution in [0.25, 0.3) is 11.0 Å². The van der Waals surface area contributed by atoms with Gasteiger partial charge in [-0.3, -0.25) is 14.5 Å². The number of rotatable bonds is 12. The van der Waals surface area contributed by atoms with Crippen LogP contribution >= 0.6 is 0 Å². The molecule has 1 aromatic heterocycles. The van der Waals surface area contributed by atoms with Crippen LogP contribution in [0.4, 0.5) is 17.3 Å². The van der Waals surface area contributed by atoms with E-state index in [4.69, 9.17) is 19.6 Å². The van der Waals surface area contributed by atoms with Crippen LogP contribution in [0.3, 0.4) is 0 Å². The van der Waals surface area contributed by atoms with Crippen molar-refractivity contribution in [1.29, 1.82) is 0 Å². The van der Waals surface area contributed by atoms with E-state index in [2.05, 4.69) is 5.32 Å². The quantitative estimate of drug-likeness (QED) is 0.167. The number of benzene rings is 3. The Kier molecular flexibility index (Phi) is 8.20. The number of anilines is 3. The third-order valence-electron chi connectivity index (χ3n) is 5.65. The lowest BCUT2D eigenvalue weighted by atomic mass is 10.1. The molecule has 36 heavy (non-hydrogen) atoms. The molecule has 2 amide bonds. The number of hydrogen-bond acceptors (Lipinski definition) is 6. The zero-order chi connectivity index (χ0) is 25.3. The number of nitrogens with one attached hydrogen (secondary N) is 1. The summed E-state index contributed by atoms with van der Waals surface area (Å²) in [5.41, 5.74) is 9.24. The van der Waals surface area contributed by atoms with Crippen molar-refractivity contribution in [2.75, 3.05) is 42.3 Å². The van der Waals surface area contributed by atoms with Gasteiger partial charge in [-0.2, -0.15) is 0 Å². The maximum Gasteiger partial charge on any atom is 0.255 e. The molecule has 0 spiro atoms. The average Bonchev–Trinajstić information content (AvgIpc) is 3.31. The van der Waals surface area contributed by atoms with Gasteiger partial charge in [0.2, 0.25) is 12.3 Å². The predicted molar refractivity (Wildman–Crippen MR) is 141 cm³/mol. The fraction of sp³-hybridized carbons (Fsp3) is 0.214. The van der Waals surface area contributed by atoms with Crippen LogP contribution in [0.15, 0.2) is 77.2 Å². The number of fused-ring (bicyclic) bond motifs is 1. The molecule has 4 aromatic rings. The van der Waals surface area contributed by atoms with Crippen molar-refractivity contribution >= 4 is 40.5 Å². The van der Waals surface area contributed by atoms with Crippen LogP contribution in [-0.4, -0.2) is 38.7 Å². The van der Waals surface area contributed by atoms with E-state index < -0.39 is 0 Å². The first-order valence-corrected chi connectivity index (χ1v) is 11.8. The average molecular weight is 488 g/mol. The Balaban J connectivity index is 1.31. The molecular formula is C28H29N3O5. The Morgan fingerprint density at radius 3 is 2.61 bits per heavy atom. The molecule has 1 heterocycles. The second-order valence-corrected chi connectivity index (χ2v) is 8.12. The summed E-state index contributed by atoms with van der Waals surface area (Å²) in [7, 11) is 0. The fourth-order valence-electron chi connectivity index (χ4n) is 3.68. The van der Waals surface area contributed by atoms with Gasteiger partial charge in [-0.05, 0) is 61.4 Å². The Labute approximate surface area is 209 Å². The van der Waals surface area contributed by atoms with E-state index >= 15 is 0 Å². The van der Waals surface area contributed by atoms with Crippen molar-refractivity contribution in [2.45, 2.75) is 13.3 Å². The number of nitrogen functional groups attached to an aromatic ring is 1. The summed E-state index contributed by atoms with van der Waals surface area (Å²) >= 11 is 0. The van der Waals surface area contributed by atoms with Crippen LogP contribution in [0, 0.1) is 0 Å². The summed E-state index contributed by atoms with van der Waals surface area (Å²) in [5, 5.41) is 3.71. The van der Waals surface area contributed by atoms with Gasteiger partial charge >= 0.3 is 0 Å². The van der Waals surface area contributed by atoms with Gasteiger partial charge in [0, 0.05) is 23.6 Å². The van der Waals surface area contributed by atoms with Gasteiger partial charge in [-0.15, -0.1) is 0 Å². The van der Waals surface area contributed by atoms with Gasteiger partial charge in [-0.1, -0.05) is 24.3 Å². The van der Waals surface area contributed by atoms with E-state index in [0.29, 0.717) is 48.3 Å². The van der Waals surface area contributed by atoms with Gasteiger partial charge < -0.3 is 24.9 Å². The first kappa shape index (κ1) is 24.8. The molecule has 8 heteroatoms. The number of carbonyl (C=O) groups is 2. The predicted octanol–water partition coefficient (Wildman–Crippen LogP) is 4.89. The third kappa shape index (κ3) is 6.22. The lowest BCUT2D eigenvalue weighted by molar-refractivity contribution is -0.107. The van der Waals surface area contributed by atoms with Crippen LogP contribution in [0.2, 0.25) is 0 Å². The third-order valence-corrected chi connectivity index (χ3v) is 5.65. The molecule has 0 atom stereocenters. The van der Waals surface area contributed by atoms with Crippen LogP contribution < -0.4 is 20.7 Å². The molecular weight excluding hydrogens is 458 g/mol. The van der Waals surface area contributed by atoms with E-state index in [1.54, 1.807) is 48.5 Å². The van der Waals surface area contributed by atoms with E-state index in [1.165, 1.54) is 4.90 Å². The normalized spacial score (nSPS) is 10.8. The van der Waals surface area contributed by atoms with Crippen molar-refractivity contribution < 1.29 is 23.5 Å². The van der Waals surface area contributed by atoms with Crippen molar-refractivity contribution in [3.63, 3.8) is 0 Å². The van der Waals surface area contributed by atoms with Gasteiger partial charge in [-0.25, -0.2) is 0 Å². The SMILES string of the molecule is CCOCCc1ccc2cc(N(C=O)CCOc3ccc(C(=O)Nc4ccccc4N)cc3)oc2c1. The van der Waals surface area contributed by atoms with Gasteiger partial charge in [0.05, 0.1) is 24.5 Å². The van der Waals surface area contributed by atoms with E-state index in [1.807, 2.05) is 31.2 Å². The second kappa shape index (κ2) is 11.9. The Morgan fingerprint density at radius 1 is 1.06 bits per heavy atom. The number of nitrogens with zero attached hydrogens (tertiary/aromatic N) is 1. The number of furan rings is 1. The highest BCUT2D eigenvalue weighted by Crippen LogP contribution is 2.27. The Bertz CT molecular complexity index is 1320. The number of nitrogens with two attached hydrogens (primary N) is 1. The smallest absolute Gasteiger partial charge is 0.255 e. The highest BCUT2D eigenvalue weighted by atomic mass is 16.5. The molecule has 0 saturated carbocycles. The van der Waals surface area contributed by atoms with Crippen LogP contribution in [0.1, 0.15) is 22.8 Å². The lowest BCUT2D eigenvalue weighted by Crippen LogP contribution is -2.26. The molecule has 0 saturated heterocycles. The van der Waals surface area contributed by atoms with Crippen molar-refractivity contribution in [3.8, 4) is 5.75 Å². The molecule has 3 N–H and O–H groups in total. The van der Waals surface area contributed by atoms with Gasteiger partial charge in [0.25, 0.3) is 5.91 Å². The molecule has 0 radical (unpaired) electrons. The van der Waals surface area contributed by atoms with Gasteiger partial charge in [0.15, 0.2) is 0 Å².